The van der Waals surface area contributed by atoms with Crippen molar-refractivity contribution in [2.45, 2.75) is 13.0 Å². The second kappa shape index (κ2) is 5.16. The fourth-order valence-corrected chi connectivity index (χ4v) is 1.70. The maximum Gasteiger partial charge on any atom is 0.191 e. The molecule has 80 valence electrons. The summed E-state index contributed by atoms with van der Waals surface area (Å²) < 4.78 is 1.11. The Labute approximate surface area is 98.1 Å². The maximum absolute atomic E-state index is 4.35. The SMILES string of the molecule is Brc1ccc(CNC2=NCCCN2)cc1. The van der Waals surface area contributed by atoms with Gasteiger partial charge in [-0.15, -0.1) is 0 Å². The summed E-state index contributed by atoms with van der Waals surface area (Å²) in [6, 6.07) is 8.29. The van der Waals surface area contributed by atoms with Gasteiger partial charge in [0.05, 0.1) is 0 Å². The molecule has 1 aliphatic heterocycles. The van der Waals surface area contributed by atoms with E-state index >= 15 is 0 Å². The lowest BCUT2D eigenvalue weighted by Crippen LogP contribution is -2.40. The summed E-state index contributed by atoms with van der Waals surface area (Å²) in [6.45, 7) is 2.76. The highest BCUT2D eigenvalue weighted by Gasteiger charge is 2.02. The Balaban J connectivity index is 1.87. The van der Waals surface area contributed by atoms with Crippen molar-refractivity contribution in [3.8, 4) is 0 Å². The molecule has 3 nitrogen and oxygen atoms in total. The number of rotatable bonds is 2. The summed E-state index contributed by atoms with van der Waals surface area (Å²) in [4.78, 5) is 4.35. The fraction of sp³-hybridized carbons (Fsp3) is 0.364. The minimum atomic E-state index is 0.819. The first-order chi connectivity index (χ1) is 7.34. The number of benzene rings is 1. The van der Waals surface area contributed by atoms with Gasteiger partial charge in [0, 0.05) is 24.1 Å². The Morgan fingerprint density at radius 1 is 1.33 bits per heavy atom. The van der Waals surface area contributed by atoms with E-state index in [4.69, 9.17) is 0 Å². The highest BCUT2D eigenvalue weighted by atomic mass is 79.9. The van der Waals surface area contributed by atoms with Gasteiger partial charge < -0.3 is 10.6 Å². The minimum Gasteiger partial charge on any atom is -0.356 e. The molecule has 1 aromatic rings. The number of aliphatic imine (C=N–C) groups is 1. The van der Waals surface area contributed by atoms with Crippen LogP contribution in [0.4, 0.5) is 0 Å². The van der Waals surface area contributed by atoms with Crippen molar-refractivity contribution in [2.75, 3.05) is 13.1 Å². The Bertz CT molecular complexity index is 345. The molecule has 0 saturated heterocycles. The summed E-state index contributed by atoms with van der Waals surface area (Å²) in [6.07, 6.45) is 1.13. The van der Waals surface area contributed by atoms with Gasteiger partial charge in [0.15, 0.2) is 5.96 Å². The number of nitrogens with one attached hydrogen (secondary N) is 2. The molecule has 0 bridgehead atoms. The summed E-state index contributed by atoms with van der Waals surface area (Å²) in [5, 5.41) is 6.51. The van der Waals surface area contributed by atoms with Crippen molar-refractivity contribution in [3.05, 3.63) is 34.3 Å². The molecule has 0 amide bonds. The van der Waals surface area contributed by atoms with Gasteiger partial charge in [0.1, 0.15) is 0 Å². The van der Waals surface area contributed by atoms with E-state index in [1.807, 2.05) is 12.1 Å². The first-order valence-electron chi connectivity index (χ1n) is 5.11. The first-order valence-corrected chi connectivity index (χ1v) is 5.90. The monoisotopic (exact) mass is 267 g/mol. The van der Waals surface area contributed by atoms with Crippen LogP contribution in [0.5, 0.6) is 0 Å². The molecule has 0 spiro atoms. The zero-order valence-corrected chi connectivity index (χ0v) is 10.0. The van der Waals surface area contributed by atoms with Gasteiger partial charge in [-0.3, -0.25) is 4.99 Å². The highest BCUT2D eigenvalue weighted by molar-refractivity contribution is 9.10. The lowest BCUT2D eigenvalue weighted by Gasteiger charge is -2.15. The summed E-state index contributed by atoms with van der Waals surface area (Å²) in [5.74, 6) is 0.921. The number of nitrogens with zero attached hydrogens (tertiary/aromatic N) is 1. The van der Waals surface area contributed by atoms with Gasteiger partial charge in [0.2, 0.25) is 0 Å². The smallest absolute Gasteiger partial charge is 0.191 e. The molecular weight excluding hydrogens is 254 g/mol. The molecule has 2 N–H and O–H groups in total. The average Bonchev–Trinajstić information content (AvgIpc) is 2.30. The molecule has 0 saturated carbocycles. The van der Waals surface area contributed by atoms with Gasteiger partial charge in [-0.2, -0.15) is 0 Å². The quantitative estimate of drug-likeness (QED) is 0.859. The van der Waals surface area contributed by atoms with Crippen LogP contribution in [0.15, 0.2) is 33.7 Å². The van der Waals surface area contributed by atoms with Crippen molar-refractivity contribution in [3.63, 3.8) is 0 Å². The Morgan fingerprint density at radius 3 is 2.80 bits per heavy atom. The van der Waals surface area contributed by atoms with Gasteiger partial charge in [-0.1, -0.05) is 28.1 Å². The minimum absolute atomic E-state index is 0.819. The second-order valence-electron chi connectivity index (χ2n) is 3.49. The lowest BCUT2D eigenvalue weighted by molar-refractivity contribution is 0.702. The number of guanidine groups is 1. The lowest BCUT2D eigenvalue weighted by atomic mass is 10.2. The van der Waals surface area contributed by atoms with E-state index in [9.17, 15) is 0 Å². The topological polar surface area (TPSA) is 36.4 Å². The van der Waals surface area contributed by atoms with Crippen LogP contribution >= 0.6 is 15.9 Å². The molecule has 4 heteroatoms. The largest absolute Gasteiger partial charge is 0.356 e. The molecule has 15 heavy (non-hydrogen) atoms. The van der Waals surface area contributed by atoms with E-state index in [0.29, 0.717) is 0 Å². The van der Waals surface area contributed by atoms with Crippen LogP contribution in [0.2, 0.25) is 0 Å². The second-order valence-corrected chi connectivity index (χ2v) is 4.41. The van der Waals surface area contributed by atoms with E-state index in [2.05, 4.69) is 43.7 Å². The highest BCUT2D eigenvalue weighted by Crippen LogP contribution is 2.10. The first kappa shape index (κ1) is 10.5. The predicted octanol–water partition coefficient (Wildman–Crippen LogP) is 1.89. The van der Waals surface area contributed by atoms with Crippen LogP contribution in [0.1, 0.15) is 12.0 Å². The Morgan fingerprint density at radius 2 is 2.13 bits per heavy atom. The molecule has 2 rings (SSSR count). The van der Waals surface area contributed by atoms with Gasteiger partial charge in [0.25, 0.3) is 0 Å². The van der Waals surface area contributed by atoms with Crippen molar-refractivity contribution in [1.29, 1.82) is 0 Å². The zero-order chi connectivity index (χ0) is 10.5. The molecule has 0 atom stereocenters. The van der Waals surface area contributed by atoms with Crippen molar-refractivity contribution in [1.82, 2.24) is 10.6 Å². The number of halogens is 1. The molecule has 0 aliphatic carbocycles. The van der Waals surface area contributed by atoms with E-state index in [-0.39, 0.29) is 0 Å². The third-order valence-electron chi connectivity index (χ3n) is 2.27. The van der Waals surface area contributed by atoms with Crippen LogP contribution in [0.3, 0.4) is 0 Å². The maximum atomic E-state index is 4.35. The Hall–Kier alpha value is -1.03. The van der Waals surface area contributed by atoms with Crippen molar-refractivity contribution < 1.29 is 0 Å². The molecule has 1 heterocycles. The molecule has 0 aromatic heterocycles. The summed E-state index contributed by atoms with van der Waals surface area (Å²) in [7, 11) is 0. The Kier molecular flexibility index (Phi) is 3.61. The fourth-order valence-electron chi connectivity index (χ4n) is 1.44. The van der Waals surface area contributed by atoms with E-state index in [0.717, 1.165) is 36.5 Å². The van der Waals surface area contributed by atoms with Crippen LogP contribution in [-0.2, 0) is 6.54 Å². The van der Waals surface area contributed by atoms with E-state index in [1.54, 1.807) is 0 Å². The van der Waals surface area contributed by atoms with Gasteiger partial charge in [-0.05, 0) is 24.1 Å². The summed E-state index contributed by atoms with van der Waals surface area (Å²) >= 11 is 3.42. The molecule has 0 unspecified atom stereocenters. The van der Waals surface area contributed by atoms with Crippen molar-refractivity contribution in [2.24, 2.45) is 4.99 Å². The van der Waals surface area contributed by atoms with Crippen LogP contribution < -0.4 is 10.6 Å². The summed E-state index contributed by atoms with van der Waals surface area (Å²) in [5.41, 5.74) is 1.26. The number of hydrogen-bond acceptors (Lipinski definition) is 3. The molecular formula is C11H14BrN3. The van der Waals surface area contributed by atoms with Gasteiger partial charge >= 0.3 is 0 Å². The standard InChI is InChI=1S/C11H14BrN3/c12-10-4-2-9(3-5-10)8-15-11-13-6-1-7-14-11/h2-5H,1,6-8H2,(H2,13,14,15). The number of hydrogen-bond donors (Lipinski definition) is 2. The predicted molar refractivity (Wildman–Crippen MR) is 65.9 cm³/mol. The van der Waals surface area contributed by atoms with Gasteiger partial charge in [-0.25, -0.2) is 0 Å². The molecule has 1 aromatic carbocycles. The zero-order valence-electron chi connectivity index (χ0n) is 8.46. The van der Waals surface area contributed by atoms with Crippen LogP contribution in [0, 0.1) is 0 Å². The molecule has 0 radical (unpaired) electrons. The molecule has 1 aliphatic rings. The molecule has 0 fully saturated rings. The third-order valence-corrected chi connectivity index (χ3v) is 2.80. The van der Waals surface area contributed by atoms with Crippen molar-refractivity contribution >= 4 is 21.9 Å². The normalized spacial score (nSPS) is 15.4. The van der Waals surface area contributed by atoms with E-state index < -0.39 is 0 Å². The average molecular weight is 268 g/mol. The van der Waals surface area contributed by atoms with E-state index in [1.165, 1.54) is 5.56 Å². The van der Waals surface area contributed by atoms with Crippen LogP contribution in [-0.4, -0.2) is 19.0 Å². The third kappa shape index (κ3) is 3.23. The van der Waals surface area contributed by atoms with Crippen LogP contribution in [0.25, 0.3) is 0 Å².